The lowest BCUT2D eigenvalue weighted by Crippen LogP contribution is -2.05. The molecule has 1 amide bonds. The van der Waals surface area contributed by atoms with Crippen LogP contribution in [0.15, 0.2) is 47.8 Å². The van der Waals surface area contributed by atoms with Gasteiger partial charge in [-0.2, -0.15) is 0 Å². The fraction of sp³-hybridized carbons (Fsp3) is 0.158. The van der Waals surface area contributed by atoms with Gasteiger partial charge in [-0.1, -0.05) is 0 Å². The molecule has 0 aliphatic heterocycles. The number of carbonyl (C=O) groups excluding carboxylic acids is 1. The number of benzene rings is 2. The van der Waals surface area contributed by atoms with Crippen molar-refractivity contribution in [3.8, 4) is 27.6 Å². The molecule has 0 aliphatic carbocycles. The summed E-state index contributed by atoms with van der Waals surface area (Å²) in [6.07, 6.45) is 0. The highest BCUT2D eigenvalue weighted by Gasteiger charge is 2.12. The SMILES string of the molecule is CCOc1ccc(-c2nc(-c3ccc(NC(C)=O)cc3F)cs2)cc1. The van der Waals surface area contributed by atoms with Gasteiger partial charge < -0.3 is 10.1 Å². The van der Waals surface area contributed by atoms with Crippen LogP contribution in [0.4, 0.5) is 10.1 Å². The van der Waals surface area contributed by atoms with Gasteiger partial charge in [-0.25, -0.2) is 9.37 Å². The summed E-state index contributed by atoms with van der Waals surface area (Å²) in [4.78, 5) is 15.6. The normalized spacial score (nSPS) is 10.5. The summed E-state index contributed by atoms with van der Waals surface area (Å²) in [5, 5.41) is 5.19. The maximum Gasteiger partial charge on any atom is 0.221 e. The lowest BCUT2D eigenvalue weighted by Gasteiger charge is -2.05. The molecular formula is C19H17FN2O2S. The number of carbonyl (C=O) groups is 1. The van der Waals surface area contributed by atoms with Gasteiger partial charge in [-0.3, -0.25) is 4.79 Å². The Labute approximate surface area is 149 Å². The van der Waals surface area contributed by atoms with E-state index in [9.17, 15) is 9.18 Å². The smallest absolute Gasteiger partial charge is 0.221 e. The molecule has 0 saturated carbocycles. The molecule has 1 aromatic heterocycles. The van der Waals surface area contributed by atoms with Crippen LogP contribution in [0, 0.1) is 5.82 Å². The predicted octanol–water partition coefficient (Wildman–Crippen LogP) is 4.97. The van der Waals surface area contributed by atoms with E-state index in [-0.39, 0.29) is 5.91 Å². The van der Waals surface area contributed by atoms with Gasteiger partial charge in [0.2, 0.25) is 5.91 Å². The number of amides is 1. The number of anilines is 1. The van der Waals surface area contributed by atoms with Gasteiger partial charge in [-0.05, 0) is 49.4 Å². The molecule has 0 saturated heterocycles. The fourth-order valence-electron chi connectivity index (χ4n) is 2.39. The summed E-state index contributed by atoms with van der Waals surface area (Å²) < 4.78 is 19.8. The number of thiazole rings is 1. The standard InChI is InChI=1S/C19H17FN2O2S/c1-3-24-15-7-4-13(5-8-15)19-22-18(11-25-19)16-9-6-14(10-17(16)20)21-12(2)23/h4-11H,3H2,1-2H3,(H,21,23). The second-order valence-corrected chi connectivity index (χ2v) is 6.23. The average Bonchev–Trinajstić information content (AvgIpc) is 3.05. The molecule has 1 N–H and O–H groups in total. The number of ether oxygens (including phenoxy) is 1. The Hall–Kier alpha value is -2.73. The molecule has 0 spiro atoms. The van der Waals surface area contributed by atoms with Crippen molar-refractivity contribution in [3.63, 3.8) is 0 Å². The van der Waals surface area contributed by atoms with Gasteiger partial charge in [0.25, 0.3) is 0 Å². The lowest BCUT2D eigenvalue weighted by atomic mass is 10.1. The van der Waals surface area contributed by atoms with Crippen LogP contribution in [0.25, 0.3) is 21.8 Å². The molecule has 4 nitrogen and oxygen atoms in total. The zero-order chi connectivity index (χ0) is 17.8. The quantitative estimate of drug-likeness (QED) is 0.702. The van der Waals surface area contributed by atoms with E-state index in [1.54, 1.807) is 12.1 Å². The van der Waals surface area contributed by atoms with Gasteiger partial charge in [0, 0.05) is 29.1 Å². The van der Waals surface area contributed by atoms with Crippen LogP contribution in [0.3, 0.4) is 0 Å². The van der Waals surface area contributed by atoms with Crippen molar-refractivity contribution < 1.29 is 13.9 Å². The van der Waals surface area contributed by atoms with Gasteiger partial charge in [-0.15, -0.1) is 11.3 Å². The van der Waals surface area contributed by atoms with Crippen LogP contribution < -0.4 is 10.1 Å². The van der Waals surface area contributed by atoms with E-state index in [0.717, 1.165) is 16.3 Å². The van der Waals surface area contributed by atoms with E-state index in [4.69, 9.17) is 4.74 Å². The van der Waals surface area contributed by atoms with Crippen LogP contribution in [-0.2, 0) is 4.79 Å². The first-order valence-electron chi connectivity index (χ1n) is 7.83. The molecule has 0 fully saturated rings. The highest BCUT2D eigenvalue weighted by molar-refractivity contribution is 7.13. The van der Waals surface area contributed by atoms with Crippen molar-refractivity contribution in [1.29, 1.82) is 0 Å². The molecule has 2 aromatic carbocycles. The summed E-state index contributed by atoms with van der Waals surface area (Å²) in [6.45, 7) is 3.94. The van der Waals surface area contributed by atoms with Gasteiger partial charge in [0.15, 0.2) is 0 Å². The van der Waals surface area contributed by atoms with E-state index in [0.29, 0.717) is 23.6 Å². The van der Waals surface area contributed by atoms with E-state index in [1.165, 1.54) is 24.3 Å². The lowest BCUT2D eigenvalue weighted by molar-refractivity contribution is -0.114. The van der Waals surface area contributed by atoms with E-state index in [1.807, 2.05) is 36.6 Å². The molecule has 128 valence electrons. The Morgan fingerprint density at radius 2 is 2.00 bits per heavy atom. The average molecular weight is 356 g/mol. The van der Waals surface area contributed by atoms with Crippen LogP contribution in [-0.4, -0.2) is 17.5 Å². The van der Waals surface area contributed by atoms with Crippen molar-refractivity contribution in [2.45, 2.75) is 13.8 Å². The third-order valence-electron chi connectivity index (χ3n) is 3.48. The molecule has 3 aromatic rings. The molecule has 6 heteroatoms. The van der Waals surface area contributed by atoms with E-state index >= 15 is 0 Å². The predicted molar refractivity (Wildman–Crippen MR) is 98.4 cm³/mol. The molecule has 0 unspecified atom stereocenters. The number of hydrogen-bond acceptors (Lipinski definition) is 4. The highest BCUT2D eigenvalue weighted by atomic mass is 32.1. The van der Waals surface area contributed by atoms with Crippen molar-refractivity contribution in [2.75, 3.05) is 11.9 Å². The molecule has 0 aliphatic rings. The molecular weight excluding hydrogens is 339 g/mol. The maximum absolute atomic E-state index is 14.3. The Balaban J connectivity index is 1.84. The van der Waals surface area contributed by atoms with Gasteiger partial charge >= 0.3 is 0 Å². The topological polar surface area (TPSA) is 51.2 Å². The first kappa shape index (κ1) is 17.1. The highest BCUT2D eigenvalue weighted by Crippen LogP contribution is 2.31. The Kier molecular flexibility index (Phi) is 5.09. The summed E-state index contributed by atoms with van der Waals surface area (Å²) in [5.41, 5.74) is 2.36. The first-order valence-corrected chi connectivity index (χ1v) is 8.71. The minimum atomic E-state index is -0.421. The van der Waals surface area contributed by atoms with Crippen molar-refractivity contribution in [2.24, 2.45) is 0 Å². The van der Waals surface area contributed by atoms with Crippen molar-refractivity contribution >= 4 is 22.9 Å². The molecule has 0 bridgehead atoms. The van der Waals surface area contributed by atoms with Crippen LogP contribution in [0.2, 0.25) is 0 Å². The fourth-order valence-corrected chi connectivity index (χ4v) is 3.22. The Morgan fingerprint density at radius 3 is 2.64 bits per heavy atom. The number of rotatable bonds is 5. The second-order valence-electron chi connectivity index (χ2n) is 5.37. The van der Waals surface area contributed by atoms with Crippen LogP contribution in [0.5, 0.6) is 5.75 Å². The molecule has 0 radical (unpaired) electrons. The van der Waals surface area contributed by atoms with Gasteiger partial charge in [0.05, 0.1) is 12.3 Å². The summed E-state index contributed by atoms with van der Waals surface area (Å²) >= 11 is 1.45. The summed E-state index contributed by atoms with van der Waals surface area (Å²) in [5.74, 6) is 0.149. The van der Waals surface area contributed by atoms with E-state index < -0.39 is 5.82 Å². The Morgan fingerprint density at radius 1 is 1.24 bits per heavy atom. The molecule has 25 heavy (non-hydrogen) atoms. The number of hydrogen-bond donors (Lipinski definition) is 1. The number of nitrogens with zero attached hydrogens (tertiary/aromatic N) is 1. The monoisotopic (exact) mass is 356 g/mol. The van der Waals surface area contributed by atoms with Gasteiger partial charge in [0.1, 0.15) is 16.6 Å². The summed E-state index contributed by atoms with van der Waals surface area (Å²) in [6, 6.07) is 12.2. The minimum absolute atomic E-state index is 0.237. The number of aromatic nitrogens is 1. The van der Waals surface area contributed by atoms with Crippen LogP contribution in [0.1, 0.15) is 13.8 Å². The van der Waals surface area contributed by atoms with Crippen molar-refractivity contribution in [1.82, 2.24) is 4.98 Å². The van der Waals surface area contributed by atoms with E-state index in [2.05, 4.69) is 10.3 Å². The largest absolute Gasteiger partial charge is 0.494 e. The number of nitrogens with one attached hydrogen (secondary N) is 1. The molecule has 3 rings (SSSR count). The zero-order valence-corrected chi connectivity index (χ0v) is 14.7. The second kappa shape index (κ2) is 7.44. The summed E-state index contributed by atoms with van der Waals surface area (Å²) in [7, 11) is 0. The molecule has 0 atom stereocenters. The maximum atomic E-state index is 14.3. The number of halogens is 1. The third-order valence-corrected chi connectivity index (χ3v) is 4.37. The third kappa shape index (κ3) is 4.03. The van der Waals surface area contributed by atoms with Crippen molar-refractivity contribution in [3.05, 3.63) is 53.7 Å². The minimum Gasteiger partial charge on any atom is -0.494 e. The Bertz CT molecular complexity index is 891. The van der Waals surface area contributed by atoms with Crippen LogP contribution >= 0.6 is 11.3 Å². The zero-order valence-electron chi connectivity index (χ0n) is 13.9. The first-order chi connectivity index (χ1) is 12.1. The molecule has 1 heterocycles.